The van der Waals surface area contributed by atoms with Crippen LogP contribution < -0.4 is 10.6 Å². The molecule has 7 heteroatoms. The molecule has 3 aliphatic heterocycles. The zero-order valence-corrected chi connectivity index (χ0v) is 19.2. The average Bonchev–Trinajstić information content (AvgIpc) is 3.46. The van der Waals surface area contributed by atoms with Gasteiger partial charge in [0.1, 0.15) is 5.54 Å². The molecule has 2 N–H and O–H groups in total. The van der Waals surface area contributed by atoms with Crippen LogP contribution in [0.1, 0.15) is 53.2 Å². The minimum Gasteiger partial charge on any atom is -0.462 e. The SMILES string of the molecule is CCOC(=O)c1ccc(NC(=O)[C@@H]2C[C@@H]3CCCN3[C@@]23C(=O)Nc2c3ccc(C)c2C)cc1. The van der Waals surface area contributed by atoms with Crippen LogP contribution in [0.25, 0.3) is 0 Å². The number of ether oxygens (including phenoxy) is 1. The first-order valence-corrected chi connectivity index (χ1v) is 11.6. The fourth-order valence-electron chi connectivity index (χ4n) is 5.87. The first kappa shape index (κ1) is 21.6. The number of rotatable bonds is 4. The van der Waals surface area contributed by atoms with E-state index in [4.69, 9.17) is 4.74 Å². The summed E-state index contributed by atoms with van der Waals surface area (Å²) in [6, 6.07) is 10.9. The number of anilines is 2. The number of nitrogens with one attached hydrogen (secondary N) is 2. The molecule has 0 saturated carbocycles. The second-order valence-corrected chi connectivity index (χ2v) is 9.22. The van der Waals surface area contributed by atoms with Crippen molar-refractivity contribution in [1.29, 1.82) is 0 Å². The summed E-state index contributed by atoms with van der Waals surface area (Å²) in [5.41, 5.74) is 3.97. The molecule has 7 nitrogen and oxygen atoms in total. The molecule has 1 spiro atoms. The molecule has 0 bridgehead atoms. The third-order valence-corrected chi connectivity index (χ3v) is 7.55. The summed E-state index contributed by atoms with van der Waals surface area (Å²) in [6.45, 7) is 6.92. The van der Waals surface area contributed by atoms with Gasteiger partial charge in [-0.25, -0.2) is 4.79 Å². The lowest BCUT2D eigenvalue weighted by Crippen LogP contribution is -2.53. The van der Waals surface area contributed by atoms with E-state index < -0.39 is 17.4 Å². The van der Waals surface area contributed by atoms with Crippen molar-refractivity contribution < 1.29 is 19.1 Å². The molecule has 0 aliphatic carbocycles. The second kappa shape index (κ2) is 7.99. The Bertz CT molecular complexity index is 1140. The number of esters is 1. The number of amides is 2. The molecular weight excluding hydrogens is 418 g/mol. The first-order chi connectivity index (χ1) is 15.9. The number of nitrogens with zero attached hydrogens (tertiary/aromatic N) is 1. The van der Waals surface area contributed by atoms with Crippen molar-refractivity contribution in [1.82, 2.24) is 4.90 Å². The Kier molecular flexibility index (Phi) is 5.24. The Morgan fingerprint density at radius 1 is 1.18 bits per heavy atom. The van der Waals surface area contributed by atoms with Gasteiger partial charge in [-0.05, 0) is 82.0 Å². The smallest absolute Gasteiger partial charge is 0.338 e. The zero-order valence-electron chi connectivity index (χ0n) is 19.2. The van der Waals surface area contributed by atoms with Crippen LogP contribution in [0.15, 0.2) is 36.4 Å². The Labute approximate surface area is 193 Å². The molecule has 0 radical (unpaired) electrons. The summed E-state index contributed by atoms with van der Waals surface area (Å²) in [7, 11) is 0. The minimum atomic E-state index is -0.982. The Hall–Kier alpha value is -3.19. The quantitative estimate of drug-likeness (QED) is 0.697. The number of fused-ring (bicyclic) bond motifs is 4. The normalized spacial score (nSPS) is 25.6. The summed E-state index contributed by atoms with van der Waals surface area (Å²) in [6.07, 6.45) is 2.67. The third-order valence-electron chi connectivity index (χ3n) is 7.55. The summed E-state index contributed by atoms with van der Waals surface area (Å²) in [4.78, 5) is 41.4. The van der Waals surface area contributed by atoms with E-state index in [1.54, 1.807) is 31.2 Å². The van der Waals surface area contributed by atoms with Gasteiger partial charge in [-0.3, -0.25) is 14.5 Å². The molecule has 2 aromatic rings. The van der Waals surface area contributed by atoms with E-state index in [1.807, 2.05) is 26.0 Å². The maximum absolute atomic E-state index is 13.6. The van der Waals surface area contributed by atoms with Gasteiger partial charge < -0.3 is 15.4 Å². The lowest BCUT2D eigenvalue weighted by Gasteiger charge is -2.36. The molecule has 0 aromatic heterocycles. The van der Waals surface area contributed by atoms with Gasteiger partial charge in [0.2, 0.25) is 11.8 Å². The van der Waals surface area contributed by atoms with Crippen molar-refractivity contribution in [3.63, 3.8) is 0 Å². The van der Waals surface area contributed by atoms with Crippen LogP contribution in [0.4, 0.5) is 11.4 Å². The van der Waals surface area contributed by atoms with Crippen molar-refractivity contribution in [2.75, 3.05) is 23.8 Å². The van der Waals surface area contributed by atoms with Crippen LogP contribution in [-0.2, 0) is 19.9 Å². The number of benzene rings is 2. The van der Waals surface area contributed by atoms with Crippen molar-refractivity contribution in [3.8, 4) is 0 Å². The minimum absolute atomic E-state index is 0.103. The lowest BCUT2D eigenvalue weighted by atomic mass is 9.77. The van der Waals surface area contributed by atoms with E-state index in [0.717, 1.165) is 41.8 Å². The van der Waals surface area contributed by atoms with Crippen LogP contribution >= 0.6 is 0 Å². The second-order valence-electron chi connectivity index (χ2n) is 9.22. The molecular formula is C26H29N3O4. The summed E-state index contributed by atoms with van der Waals surface area (Å²) in [5.74, 6) is -1.17. The van der Waals surface area contributed by atoms with E-state index >= 15 is 0 Å². The van der Waals surface area contributed by atoms with E-state index in [-0.39, 0.29) is 17.9 Å². The molecule has 2 fully saturated rings. The molecule has 3 aliphatic rings. The van der Waals surface area contributed by atoms with Crippen molar-refractivity contribution >= 4 is 29.2 Å². The molecule has 2 saturated heterocycles. The molecule has 2 aromatic carbocycles. The van der Waals surface area contributed by atoms with E-state index in [1.165, 1.54) is 0 Å². The van der Waals surface area contributed by atoms with Gasteiger partial charge >= 0.3 is 5.97 Å². The molecule has 0 unspecified atom stereocenters. The van der Waals surface area contributed by atoms with Crippen LogP contribution in [0.2, 0.25) is 0 Å². The predicted molar refractivity (Wildman–Crippen MR) is 125 cm³/mol. The van der Waals surface area contributed by atoms with Crippen LogP contribution in [0.5, 0.6) is 0 Å². The predicted octanol–water partition coefficient (Wildman–Crippen LogP) is 3.75. The van der Waals surface area contributed by atoms with Gasteiger partial charge in [-0.2, -0.15) is 0 Å². The van der Waals surface area contributed by atoms with Crippen molar-refractivity contribution in [2.45, 2.75) is 51.6 Å². The van der Waals surface area contributed by atoms with Gasteiger partial charge in [-0.1, -0.05) is 12.1 Å². The number of aryl methyl sites for hydroxylation is 1. The van der Waals surface area contributed by atoms with Crippen molar-refractivity contribution in [3.05, 3.63) is 58.7 Å². The summed E-state index contributed by atoms with van der Waals surface area (Å²) in [5, 5.41) is 6.12. The lowest BCUT2D eigenvalue weighted by molar-refractivity contribution is -0.135. The molecule has 3 heterocycles. The van der Waals surface area contributed by atoms with Crippen LogP contribution in [0.3, 0.4) is 0 Å². The van der Waals surface area contributed by atoms with E-state index in [9.17, 15) is 14.4 Å². The van der Waals surface area contributed by atoms with Gasteiger partial charge in [0.25, 0.3) is 0 Å². The average molecular weight is 448 g/mol. The third kappa shape index (κ3) is 3.17. The topological polar surface area (TPSA) is 87.7 Å². The zero-order chi connectivity index (χ0) is 23.3. The Morgan fingerprint density at radius 3 is 2.67 bits per heavy atom. The molecule has 5 rings (SSSR count). The molecule has 172 valence electrons. The fraction of sp³-hybridized carbons (Fsp3) is 0.423. The summed E-state index contributed by atoms with van der Waals surface area (Å²) < 4.78 is 5.02. The van der Waals surface area contributed by atoms with Crippen molar-refractivity contribution in [2.24, 2.45) is 5.92 Å². The Morgan fingerprint density at radius 2 is 1.94 bits per heavy atom. The number of hydrogen-bond donors (Lipinski definition) is 2. The van der Waals surface area contributed by atoms with Gasteiger partial charge in [0.15, 0.2) is 0 Å². The van der Waals surface area contributed by atoms with E-state index in [2.05, 4.69) is 15.5 Å². The maximum atomic E-state index is 13.6. The maximum Gasteiger partial charge on any atom is 0.338 e. The van der Waals surface area contributed by atoms with Gasteiger partial charge in [-0.15, -0.1) is 0 Å². The Balaban J connectivity index is 1.48. The number of hydrogen-bond acceptors (Lipinski definition) is 5. The highest BCUT2D eigenvalue weighted by molar-refractivity contribution is 6.11. The molecule has 2 amide bonds. The monoisotopic (exact) mass is 447 g/mol. The van der Waals surface area contributed by atoms with Crippen LogP contribution in [-0.4, -0.2) is 41.9 Å². The molecule has 3 atom stereocenters. The standard InChI is InChI=1S/C26H29N3O4/c1-4-33-24(31)17-8-10-18(11-9-17)27-23(30)21-14-19-6-5-13-29(19)26(21)20-12-7-15(2)16(3)22(20)28-25(26)32/h7-12,19,21H,4-6,13-14H2,1-3H3,(H,27,30)(H,28,32)/t19-,21-,26+/m0/s1. The van der Waals surface area contributed by atoms with E-state index in [0.29, 0.717) is 24.3 Å². The highest BCUT2D eigenvalue weighted by Gasteiger charge is 2.65. The number of carbonyl (C=O) groups is 3. The largest absolute Gasteiger partial charge is 0.462 e. The fourth-order valence-corrected chi connectivity index (χ4v) is 5.87. The van der Waals surface area contributed by atoms with Gasteiger partial charge in [0.05, 0.1) is 18.1 Å². The highest BCUT2D eigenvalue weighted by Crippen LogP contribution is 2.56. The number of carbonyl (C=O) groups excluding carboxylic acids is 3. The highest BCUT2D eigenvalue weighted by atomic mass is 16.5. The van der Waals surface area contributed by atoms with Crippen LogP contribution in [0, 0.1) is 19.8 Å². The first-order valence-electron chi connectivity index (χ1n) is 11.6. The summed E-state index contributed by atoms with van der Waals surface area (Å²) >= 11 is 0. The van der Waals surface area contributed by atoms with Gasteiger partial charge in [0, 0.05) is 23.0 Å². The molecule has 33 heavy (non-hydrogen) atoms.